The molecule has 0 heterocycles. The number of alkyl halides is 2. The summed E-state index contributed by atoms with van der Waals surface area (Å²) < 4.78 is 37.9. The summed E-state index contributed by atoms with van der Waals surface area (Å²) in [4.78, 5) is 24.2. The molecule has 8 heteroatoms. The van der Waals surface area contributed by atoms with E-state index in [1.54, 1.807) is 6.92 Å². The summed E-state index contributed by atoms with van der Waals surface area (Å²) in [5, 5.41) is 5.18. The van der Waals surface area contributed by atoms with Gasteiger partial charge in [0.1, 0.15) is 5.82 Å². The number of benzene rings is 2. The molecule has 0 aliphatic heterocycles. The van der Waals surface area contributed by atoms with Gasteiger partial charge in [-0.3, -0.25) is 9.59 Å². The lowest BCUT2D eigenvalue weighted by atomic mass is 10.1. The molecule has 2 aromatic carbocycles. The van der Waals surface area contributed by atoms with Crippen LogP contribution in [0.25, 0.3) is 0 Å². The Morgan fingerprint density at radius 2 is 1.50 bits per heavy atom. The maximum Gasteiger partial charge on any atom is 0.288 e. The molecule has 0 aliphatic rings. The van der Waals surface area contributed by atoms with Crippen LogP contribution < -0.4 is 10.6 Å². The van der Waals surface area contributed by atoms with Crippen LogP contribution >= 0.6 is 11.8 Å². The number of halogens is 3. The molecule has 0 radical (unpaired) electrons. The molecule has 2 rings (SSSR count). The van der Waals surface area contributed by atoms with Crippen LogP contribution in [0.2, 0.25) is 0 Å². The molecule has 0 spiro atoms. The van der Waals surface area contributed by atoms with E-state index in [1.165, 1.54) is 36.4 Å². The second-order valence-corrected chi connectivity index (χ2v) is 6.44. The average Bonchev–Trinajstić information content (AvgIpc) is 2.60. The van der Waals surface area contributed by atoms with Crippen molar-refractivity contribution in [2.24, 2.45) is 0 Å². The monoisotopic (exact) mass is 382 g/mol. The van der Waals surface area contributed by atoms with Gasteiger partial charge in [-0.05, 0) is 48.9 Å². The second-order valence-electron chi connectivity index (χ2n) is 5.38. The molecule has 2 amide bonds. The number of aryl methyl sites for hydroxylation is 1. The van der Waals surface area contributed by atoms with Gasteiger partial charge in [-0.25, -0.2) is 4.39 Å². The van der Waals surface area contributed by atoms with Gasteiger partial charge in [0.05, 0.1) is 0 Å². The fraction of sp³-hybridized carbons (Fsp3) is 0.222. The van der Waals surface area contributed by atoms with E-state index in [2.05, 4.69) is 10.6 Å². The predicted octanol–water partition coefficient (Wildman–Crippen LogP) is 3.61. The van der Waals surface area contributed by atoms with Crippen molar-refractivity contribution >= 4 is 23.6 Å². The van der Waals surface area contributed by atoms with E-state index >= 15 is 0 Å². The highest BCUT2D eigenvalue weighted by molar-refractivity contribution is 7.99. The molecule has 0 bridgehead atoms. The van der Waals surface area contributed by atoms with Crippen LogP contribution in [0.1, 0.15) is 26.3 Å². The minimum atomic E-state index is -2.51. The van der Waals surface area contributed by atoms with Gasteiger partial charge in [-0.2, -0.15) is 8.78 Å². The molecule has 0 saturated carbocycles. The molecule has 0 atom stereocenters. The third-order valence-corrected chi connectivity index (χ3v) is 4.19. The van der Waals surface area contributed by atoms with Crippen molar-refractivity contribution in [2.75, 3.05) is 13.1 Å². The molecule has 0 fully saturated rings. The zero-order valence-electron chi connectivity index (χ0n) is 13.9. The summed E-state index contributed by atoms with van der Waals surface area (Å²) in [6, 6.07) is 9.98. The van der Waals surface area contributed by atoms with Gasteiger partial charge in [0.25, 0.3) is 17.6 Å². The minimum absolute atomic E-state index is 0.166. The fourth-order valence-corrected chi connectivity index (χ4v) is 2.58. The van der Waals surface area contributed by atoms with E-state index in [0.29, 0.717) is 27.8 Å². The van der Waals surface area contributed by atoms with Crippen LogP contribution in [-0.4, -0.2) is 30.7 Å². The Morgan fingerprint density at radius 3 is 2.04 bits per heavy atom. The van der Waals surface area contributed by atoms with Crippen molar-refractivity contribution in [1.82, 2.24) is 10.6 Å². The topological polar surface area (TPSA) is 58.2 Å². The molecule has 0 aromatic heterocycles. The van der Waals surface area contributed by atoms with E-state index in [1.807, 2.05) is 0 Å². The number of carbonyl (C=O) groups excluding carboxylic acids is 2. The summed E-state index contributed by atoms with van der Waals surface area (Å²) >= 11 is 0.404. The van der Waals surface area contributed by atoms with E-state index < -0.39 is 17.5 Å². The molecule has 0 aliphatic carbocycles. The van der Waals surface area contributed by atoms with Gasteiger partial charge >= 0.3 is 0 Å². The predicted molar refractivity (Wildman–Crippen MR) is 94.1 cm³/mol. The number of thioether (sulfide) groups is 1. The van der Waals surface area contributed by atoms with E-state index in [-0.39, 0.29) is 24.6 Å². The largest absolute Gasteiger partial charge is 0.350 e. The van der Waals surface area contributed by atoms with Crippen molar-refractivity contribution < 1.29 is 22.8 Å². The van der Waals surface area contributed by atoms with E-state index in [4.69, 9.17) is 0 Å². The molecular weight excluding hydrogens is 365 g/mol. The molecule has 2 aromatic rings. The first-order valence-corrected chi connectivity index (χ1v) is 8.62. The van der Waals surface area contributed by atoms with Crippen LogP contribution in [0.4, 0.5) is 13.2 Å². The van der Waals surface area contributed by atoms with Gasteiger partial charge in [0, 0.05) is 29.1 Å². The lowest BCUT2D eigenvalue weighted by Crippen LogP contribution is -2.34. The normalized spacial score (nSPS) is 10.7. The maximum atomic E-state index is 13.4. The number of hydrogen-bond acceptors (Lipinski definition) is 3. The fourth-order valence-electron chi connectivity index (χ4n) is 2.08. The highest BCUT2D eigenvalue weighted by Gasteiger charge is 2.10. The standard InChI is InChI=1S/C18H17F3N2O2S/c1-11-2-3-13(10-15(11)19)17(25)23-9-8-22-16(24)12-4-6-14(7-5-12)26-18(20)21/h2-7,10,18H,8-9H2,1H3,(H,22,24)(H,23,25). The highest BCUT2D eigenvalue weighted by atomic mass is 32.2. The number of amides is 2. The molecule has 138 valence electrons. The summed E-state index contributed by atoms with van der Waals surface area (Å²) in [5.74, 6) is -3.79. The van der Waals surface area contributed by atoms with Crippen molar-refractivity contribution in [2.45, 2.75) is 17.6 Å². The van der Waals surface area contributed by atoms with Gasteiger partial charge in [-0.15, -0.1) is 0 Å². The molecule has 26 heavy (non-hydrogen) atoms. The first-order valence-electron chi connectivity index (χ1n) is 7.74. The van der Waals surface area contributed by atoms with Crippen LogP contribution in [0.5, 0.6) is 0 Å². The zero-order chi connectivity index (χ0) is 19.1. The third kappa shape index (κ3) is 5.80. The summed E-state index contributed by atoms with van der Waals surface area (Å²) in [6.07, 6.45) is 0. The number of carbonyl (C=O) groups is 2. The van der Waals surface area contributed by atoms with E-state index in [9.17, 15) is 22.8 Å². The van der Waals surface area contributed by atoms with Crippen LogP contribution in [0.15, 0.2) is 47.4 Å². The number of rotatable bonds is 7. The SMILES string of the molecule is Cc1ccc(C(=O)NCCNC(=O)c2ccc(SC(F)F)cc2)cc1F. The lowest BCUT2D eigenvalue weighted by Gasteiger charge is -2.08. The summed E-state index contributed by atoms with van der Waals surface area (Å²) in [5.41, 5.74) is 0.980. The Labute approximate surface area is 153 Å². The highest BCUT2D eigenvalue weighted by Crippen LogP contribution is 2.25. The second kappa shape index (κ2) is 9.28. The number of hydrogen-bond donors (Lipinski definition) is 2. The average molecular weight is 382 g/mol. The van der Waals surface area contributed by atoms with Crippen molar-refractivity contribution in [3.05, 3.63) is 65.0 Å². The Hall–Kier alpha value is -2.48. The molecule has 0 unspecified atom stereocenters. The number of nitrogens with one attached hydrogen (secondary N) is 2. The Morgan fingerprint density at radius 1 is 0.962 bits per heavy atom. The van der Waals surface area contributed by atoms with Crippen molar-refractivity contribution in [1.29, 1.82) is 0 Å². The summed E-state index contributed by atoms with van der Waals surface area (Å²) in [7, 11) is 0. The van der Waals surface area contributed by atoms with Crippen molar-refractivity contribution in [3.63, 3.8) is 0 Å². The van der Waals surface area contributed by atoms with Gasteiger partial charge in [-0.1, -0.05) is 17.8 Å². The Kier molecular flexibility index (Phi) is 7.08. The minimum Gasteiger partial charge on any atom is -0.350 e. The Bertz CT molecular complexity index is 783. The quantitative estimate of drug-likeness (QED) is 0.568. The van der Waals surface area contributed by atoms with Crippen LogP contribution in [-0.2, 0) is 0 Å². The first-order chi connectivity index (χ1) is 12.4. The Balaban J connectivity index is 1.77. The zero-order valence-corrected chi connectivity index (χ0v) is 14.7. The van der Waals surface area contributed by atoms with Crippen LogP contribution in [0.3, 0.4) is 0 Å². The molecule has 2 N–H and O–H groups in total. The van der Waals surface area contributed by atoms with Crippen LogP contribution in [0, 0.1) is 12.7 Å². The molecular formula is C18H17F3N2O2S. The van der Waals surface area contributed by atoms with Gasteiger partial charge in [0.15, 0.2) is 0 Å². The van der Waals surface area contributed by atoms with Gasteiger partial charge < -0.3 is 10.6 Å². The van der Waals surface area contributed by atoms with E-state index in [0.717, 1.165) is 6.07 Å². The lowest BCUT2D eigenvalue weighted by molar-refractivity contribution is 0.0927. The smallest absolute Gasteiger partial charge is 0.288 e. The molecule has 4 nitrogen and oxygen atoms in total. The third-order valence-electron chi connectivity index (χ3n) is 3.47. The maximum absolute atomic E-state index is 13.4. The van der Waals surface area contributed by atoms with Crippen molar-refractivity contribution in [3.8, 4) is 0 Å². The first kappa shape index (κ1) is 19.8. The molecule has 0 saturated heterocycles. The van der Waals surface area contributed by atoms with Gasteiger partial charge in [0.2, 0.25) is 0 Å². The summed E-state index contributed by atoms with van der Waals surface area (Å²) in [6.45, 7) is 1.94.